The fraction of sp³-hybridized carbons (Fsp3) is 0.571. The van der Waals surface area contributed by atoms with Crippen LogP contribution in [0.5, 0.6) is 5.75 Å². The van der Waals surface area contributed by atoms with Crippen LogP contribution in [0, 0.1) is 0 Å². The zero-order valence-corrected chi connectivity index (χ0v) is 12.1. The maximum absolute atomic E-state index is 5.86. The van der Waals surface area contributed by atoms with Gasteiger partial charge in [0.05, 0.1) is 19.3 Å². The molecule has 0 amide bonds. The van der Waals surface area contributed by atoms with Crippen molar-refractivity contribution in [2.75, 3.05) is 20.2 Å². The minimum absolute atomic E-state index is 0.452. The van der Waals surface area contributed by atoms with E-state index in [1.807, 2.05) is 6.07 Å². The molecule has 2 saturated heterocycles. The Morgan fingerprint density at radius 2 is 2.06 bits per heavy atom. The third kappa shape index (κ3) is 2.56. The van der Waals surface area contributed by atoms with Gasteiger partial charge in [-0.3, -0.25) is 4.90 Å². The van der Waals surface area contributed by atoms with Gasteiger partial charge in [-0.05, 0) is 36.6 Å². The first-order valence-electron chi connectivity index (χ1n) is 6.45. The SMILES string of the molecule is COc1ccc(Br)c(CN2CC3CCC(C2)O3)c1. The Morgan fingerprint density at radius 1 is 1.33 bits per heavy atom. The van der Waals surface area contributed by atoms with Crippen molar-refractivity contribution in [3.8, 4) is 5.75 Å². The largest absolute Gasteiger partial charge is 0.497 e. The molecule has 0 aromatic heterocycles. The molecule has 0 aliphatic carbocycles. The molecule has 4 heteroatoms. The molecule has 2 atom stereocenters. The second-order valence-corrected chi connectivity index (χ2v) is 5.96. The van der Waals surface area contributed by atoms with E-state index in [1.165, 1.54) is 18.4 Å². The number of rotatable bonds is 3. The molecule has 2 unspecified atom stereocenters. The van der Waals surface area contributed by atoms with E-state index in [9.17, 15) is 0 Å². The number of hydrogen-bond donors (Lipinski definition) is 0. The zero-order chi connectivity index (χ0) is 12.5. The van der Waals surface area contributed by atoms with Crippen LogP contribution in [0.1, 0.15) is 18.4 Å². The Labute approximate surface area is 116 Å². The molecule has 2 bridgehead atoms. The number of fused-ring (bicyclic) bond motifs is 2. The fourth-order valence-electron chi connectivity index (χ4n) is 2.87. The van der Waals surface area contributed by atoms with Gasteiger partial charge >= 0.3 is 0 Å². The second-order valence-electron chi connectivity index (χ2n) is 5.11. The van der Waals surface area contributed by atoms with E-state index in [0.29, 0.717) is 12.2 Å². The summed E-state index contributed by atoms with van der Waals surface area (Å²) in [5, 5.41) is 0. The number of hydrogen-bond acceptors (Lipinski definition) is 3. The predicted molar refractivity (Wildman–Crippen MR) is 73.9 cm³/mol. The molecule has 2 aliphatic heterocycles. The normalized spacial score (nSPS) is 27.4. The summed E-state index contributed by atoms with van der Waals surface area (Å²) in [7, 11) is 1.71. The van der Waals surface area contributed by atoms with Gasteiger partial charge < -0.3 is 9.47 Å². The average Bonchev–Trinajstić information content (AvgIpc) is 2.71. The van der Waals surface area contributed by atoms with Crippen LogP contribution in [0.25, 0.3) is 0 Å². The third-order valence-electron chi connectivity index (χ3n) is 3.77. The van der Waals surface area contributed by atoms with E-state index >= 15 is 0 Å². The third-order valence-corrected chi connectivity index (χ3v) is 4.54. The molecule has 3 rings (SSSR count). The fourth-order valence-corrected chi connectivity index (χ4v) is 3.24. The summed E-state index contributed by atoms with van der Waals surface area (Å²) in [6.07, 6.45) is 3.35. The molecular formula is C14H18BrNO2. The number of benzene rings is 1. The number of likely N-dealkylation sites (tertiary alicyclic amines) is 1. The van der Waals surface area contributed by atoms with Crippen molar-refractivity contribution in [3.05, 3.63) is 28.2 Å². The highest BCUT2D eigenvalue weighted by Gasteiger charge is 2.33. The van der Waals surface area contributed by atoms with Crippen LogP contribution in [-0.4, -0.2) is 37.3 Å². The van der Waals surface area contributed by atoms with E-state index in [0.717, 1.165) is 29.9 Å². The van der Waals surface area contributed by atoms with Crippen LogP contribution in [0.3, 0.4) is 0 Å². The Balaban J connectivity index is 1.72. The molecule has 1 aromatic rings. The van der Waals surface area contributed by atoms with E-state index in [-0.39, 0.29) is 0 Å². The van der Waals surface area contributed by atoms with Gasteiger partial charge in [0, 0.05) is 24.1 Å². The van der Waals surface area contributed by atoms with Gasteiger partial charge in [0.2, 0.25) is 0 Å². The van der Waals surface area contributed by atoms with Crippen LogP contribution in [-0.2, 0) is 11.3 Å². The lowest BCUT2D eigenvalue weighted by Crippen LogP contribution is -2.42. The van der Waals surface area contributed by atoms with Crippen molar-refractivity contribution in [1.82, 2.24) is 4.90 Å². The number of morpholine rings is 1. The van der Waals surface area contributed by atoms with E-state index in [2.05, 4.69) is 33.0 Å². The Hall–Kier alpha value is -0.580. The summed E-state index contributed by atoms with van der Waals surface area (Å²) in [6.45, 7) is 3.08. The van der Waals surface area contributed by atoms with Crippen LogP contribution in [0.2, 0.25) is 0 Å². The molecule has 2 heterocycles. The molecule has 2 aliphatic rings. The van der Waals surface area contributed by atoms with Crippen molar-refractivity contribution < 1.29 is 9.47 Å². The minimum Gasteiger partial charge on any atom is -0.497 e. The van der Waals surface area contributed by atoms with Crippen molar-refractivity contribution in [2.45, 2.75) is 31.6 Å². The van der Waals surface area contributed by atoms with Gasteiger partial charge in [-0.2, -0.15) is 0 Å². The van der Waals surface area contributed by atoms with Crippen molar-refractivity contribution in [3.63, 3.8) is 0 Å². The predicted octanol–water partition coefficient (Wildman–Crippen LogP) is 2.82. The summed E-state index contributed by atoms with van der Waals surface area (Å²) in [5.41, 5.74) is 1.29. The summed E-state index contributed by atoms with van der Waals surface area (Å²) in [5.74, 6) is 0.921. The minimum atomic E-state index is 0.452. The molecule has 0 spiro atoms. The molecule has 98 valence electrons. The molecule has 2 fully saturated rings. The van der Waals surface area contributed by atoms with E-state index in [1.54, 1.807) is 7.11 Å². The van der Waals surface area contributed by atoms with Gasteiger partial charge in [0.15, 0.2) is 0 Å². The monoisotopic (exact) mass is 311 g/mol. The standard InChI is InChI=1S/C14H18BrNO2/c1-17-11-4-5-14(15)10(6-11)7-16-8-12-2-3-13(9-16)18-12/h4-6,12-13H,2-3,7-9H2,1H3. The lowest BCUT2D eigenvalue weighted by Gasteiger charge is -2.32. The highest BCUT2D eigenvalue weighted by atomic mass is 79.9. The second kappa shape index (κ2) is 5.19. The molecule has 0 radical (unpaired) electrons. The molecule has 18 heavy (non-hydrogen) atoms. The maximum Gasteiger partial charge on any atom is 0.119 e. The molecular weight excluding hydrogens is 294 g/mol. The van der Waals surface area contributed by atoms with Crippen LogP contribution in [0.15, 0.2) is 22.7 Å². The zero-order valence-electron chi connectivity index (χ0n) is 10.6. The van der Waals surface area contributed by atoms with Crippen molar-refractivity contribution >= 4 is 15.9 Å². The number of nitrogens with zero attached hydrogens (tertiary/aromatic N) is 1. The lowest BCUT2D eigenvalue weighted by atomic mass is 10.2. The average molecular weight is 312 g/mol. The first-order valence-corrected chi connectivity index (χ1v) is 7.24. The van der Waals surface area contributed by atoms with Crippen LogP contribution in [0.4, 0.5) is 0 Å². The van der Waals surface area contributed by atoms with Gasteiger partial charge in [-0.25, -0.2) is 0 Å². The Morgan fingerprint density at radius 3 is 2.72 bits per heavy atom. The van der Waals surface area contributed by atoms with E-state index in [4.69, 9.17) is 9.47 Å². The maximum atomic E-state index is 5.86. The summed E-state index contributed by atoms with van der Waals surface area (Å²) in [4.78, 5) is 2.49. The highest BCUT2D eigenvalue weighted by molar-refractivity contribution is 9.10. The first kappa shape index (κ1) is 12.5. The van der Waals surface area contributed by atoms with E-state index < -0.39 is 0 Å². The number of ether oxygens (including phenoxy) is 2. The van der Waals surface area contributed by atoms with Gasteiger partial charge in [0.1, 0.15) is 5.75 Å². The van der Waals surface area contributed by atoms with Crippen LogP contribution >= 0.6 is 15.9 Å². The van der Waals surface area contributed by atoms with Crippen molar-refractivity contribution in [1.29, 1.82) is 0 Å². The highest BCUT2D eigenvalue weighted by Crippen LogP contribution is 2.29. The summed E-state index contributed by atoms with van der Waals surface area (Å²) >= 11 is 3.62. The molecule has 0 saturated carbocycles. The smallest absolute Gasteiger partial charge is 0.119 e. The van der Waals surface area contributed by atoms with Crippen LogP contribution < -0.4 is 4.74 Å². The molecule has 0 N–H and O–H groups in total. The molecule has 1 aromatic carbocycles. The van der Waals surface area contributed by atoms with Crippen molar-refractivity contribution in [2.24, 2.45) is 0 Å². The molecule has 3 nitrogen and oxygen atoms in total. The number of halogens is 1. The summed E-state index contributed by atoms with van der Waals surface area (Å²) < 4.78 is 12.3. The Kier molecular flexibility index (Phi) is 3.59. The first-order chi connectivity index (χ1) is 8.74. The Bertz CT molecular complexity index is 426. The van der Waals surface area contributed by atoms with Gasteiger partial charge in [0.25, 0.3) is 0 Å². The van der Waals surface area contributed by atoms with Gasteiger partial charge in [-0.15, -0.1) is 0 Å². The lowest BCUT2D eigenvalue weighted by molar-refractivity contribution is -0.0411. The topological polar surface area (TPSA) is 21.7 Å². The summed E-state index contributed by atoms with van der Waals surface area (Å²) in [6, 6.07) is 6.15. The quantitative estimate of drug-likeness (QED) is 0.857. The number of methoxy groups -OCH3 is 1. The van der Waals surface area contributed by atoms with Gasteiger partial charge in [-0.1, -0.05) is 15.9 Å².